The molecule has 0 radical (unpaired) electrons. The molecular formula is C17H22N2O2S. The number of anilines is 1. The monoisotopic (exact) mass is 318 g/mol. The molecule has 2 rings (SSSR count). The van der Waals surface area contributed by atoms with Gasteiger partial charge in [0.25, 0.3) is 0 Å². The van der Waals surface area contributed by atoms with Gasteiger partial charge in [0, 0.05) is 18.0 Å². The summed E-state index contributed by atoms with van der Waals surface area (Å²) in [5.41, 5.74) is 2.90. The largest absolute Gasteiger partial charge is 0.481 e. The zero-order valence-electron chi connectivity index (χ0n) is 13.2. The number of thiophene rings is 1. The second-order valence-corrected chi connectivity index (χ2v) is 7.16. The van der Waals surface area contributed by atoms with Crippen LogP contribution in [0.4, 0.5) is 5.00 Å². The van der Waals surface area contributed by atoms with Gasteiger partial charge in [-0.05, 0) is 38.2 Å². The number of aryl methyl sites for hydroxylation is 1. The number of carbonyl (C=O) groups is 1. The van der Waals surface area contributed by atoms with E-state index >= 15 is 0 Å². The molecule has 0 saturated carbocycles. The number of carboxylic acids is 1. The smallest absolute Gasteiger partial charge is 0.308 e. The van der Waals surface area contributed by atoms with E-state index in [1.54, 1.807) is 18.3 Å². The highest BCUT2D eigenvalue weighted by atomic mass is 32.1. The quantitative estimate of drug-likeness (QED) is 0.814. The van der Waals surface area contributed by atoms with E-state index in [1.807, 2.05) is 11.8 Å². The number of carboxylic acid groups (broad SMARTS) is 1. The Balaban J connectivity index is 2.38. The molecule has 0 amide bonds. The Morgan fingerprint density at radius 2 is 2.18 bits per heavy atom. The second kappa shape index (κ2) is 6.97. The average molecular weight is 318 g/mol. The first-order valence-electron chi connectivity index (χ1n) is 7.60. The van der Waals surface area contributed by atoms with Crippen molar-refractivity contribution in [1.29, 1.82) is 5.26 Å². The van der Waals surface area contributed by atoms with Crippen LogP contribution >= 0.6 is 11.3 Å². The first kappa shape index (κ1) is 16.6. The molecule has 0 spiro atoms. The van der Waals surface area contributed by atoms with Crippen LogP contribution in [0.5, 0.6) is 0 Å². The molecule has 5 heteroatoms. The maximum absolute atomic E-state index is 11.2. The molecule has 1 aliphatic rings. The van der Waals surface area contributed by atoms with Gasteiger partial charge in [0.2, 0.25) is 0 Å². The lowest BCUT2D eigenvalue weighted by Crippen LogP contribution is -2.33. The van der Waals surface area contributed by atoms with E-state index in [4.69, 9.17) is 0 Å². The van der Waals surface area contributed by atoms with Crippen LogP contribution in [0.15, 0.2) is 12.2 Å². The molecule has 0 bridgehead atoms. The highest BCUT2D eigenvalue weighted by Gasteiger charge is 2.26. The topological polar surface area (TPSA) is 64.3 Å². The Labute approximate surface area is 135 Å². The van der Waals surface area contributed by atoms with Crippen molar-refractivity contribution in [3.63, 3.8) is 0 Å². The van der Waals surface area contributed by atoms with Crippen LogP contribution in [0.2, 0.25) is 0 Å². The lowest BCUT2D eigenvalue weighted by molar-refractivity contribution is -0.140. The van der Waals surface area contributed by atoms with E-state index in [9.17, 15) is 15.2 Å². The van der Waals surface area contributed by atoms with Gasteiger partial charge in [-0.3, -0.25) is 4.79 Å². The van der Waals surface area contributed by atoms with E-state index in [-0.39, 0.29) is 0 Å². The summed E-state index contributed by atoms with van der Waals surface area (Å²) in [6.07, 6.45) is 4.29. The van der Waals surface area contributed by atoms with Crippen molar-refractivity contribution in [3.05, 3.63) is 28.2 Å². The Kier molecular flexibility index (Phi) is 5.25. The fourth-order valence-electron chi connectivity index (χ4n) is 2.84. The van der Waals surface area contributed by atoms with Gasteiger partial charge >= 0.3 is 5.97 Å². The molecule has 1 unspecified atom stereocenters. The van der Waals surface area contributed by atoms with Crippen molar-refractivity contribution in [2.75, 3.05) is 18.0 Å². The third kappa shape index (κ3) is 3.50. The highest BCUT2D eigenvalue weighted by molar-refractivity contribution is 7.16. The molecular weight excluding hydrogens is 296 g/mol. The summed E-state index contributed by atoms with van der Waals surface area (Å²) < 4.78 is 0. The lowest BCUT2D eigenvalue weighted by Gasteiger charge is -2.25. The number of hydrogen-bond acceptors (Lipinski definition) is 4. The zero-order chi connectivity index (χ0) is 16.3. The van der Waals surface area contributed by atoms with E-state index in [0.717, 1.165) is 35.4 Å². The van der Waals surface area contributed by atoms with E-state index in [2.05, 4.69) is 12.6 Å². The number of rotatable bonds is 6. The first-order chi connectivity index (χ1) is 10.4. The summed E-state index contributed by atoms with van der Waals surface area (Å²) in [4.78, 5) is 14.5. The molecule has 0 aromatic carbocycles. The van der Waals surface area contributed by atoms with Crippen LogP contribution in [0.25, 0.3) is 0 Å². The third-order valence-electron chi connectivity index (χ3n) is 3.93. The molecule has 1 aromatic heterocycles. The Morgan fingerprint density at radius 3 is 2.77 bits per heavy atom. The zero-order valence-corrected chi connectivity index (χ0v) is 14.0. The minimum atomic E-state index is -0.813. The molecule has 118 valence electrons. The molecule has 22 heavy (non-hydrogen) atoms. The van der Waals surface area contributed by atoms with Crippen molar-refractivity contribution in [3.8, 4) is 6.07 Å². The van der Waals surface area contributed by atoms with Gasteiger partial charge in [-0.15, -0.1) is 11.3 Å². The van der Waals surface area contributed by atoms with Crippen molar-refractivity contribution in [1.82, 2.24) is 0 Å². The second-order valence-electron chi connectivity index (χ2n) is 6.08. The fourth-order valence-corrected chi connectivity index (χ4v) is 4.19. The number of nitrogens with zero attached hydrogens (tertiary/aromatic N) is 2. The molecule has 1 N–H and O–H groups in total. The maximum Gasteiger partial charge on any atom is 0.308 e. The Hall–Kier alpha value is -1.80. The Morgan fingerprint density at radius 1 is 1.50 bits per heavy atom. The van der Waals surface area contributed by atoms with Gasteiger partial charge in [0.1, 0.15) is 11.1 Å². The van der Waals surface area contributed by atoms with Crippen molar-refractivity contribution in [2.45, 2.75) is 39.5 Å². The van der Waals surface area contributed by atoms with Gasteiger partial charge in [-0.25, -0.2) is 0 Å². The average Bonchev–Trinajstić information content (AvgIpc) is 2.84. The highest BCUT2D eigenvalue weighted by Crippen LogP contribution is 2.40. The molecule has 1 atom stereocenters. The van der Waals surface area contributed by atoms with E-state index in [1.165, 1.54) is 16.9 Å². The van der Waals surface area contributed by atoms with E-state index in [0.29, 0.717) is 13.1 Å². The molecule has 0 saturated heterocycles. The predicted molar refractivity (Wildman–Crippen MR) is 89.5 cm³/mol. The molecule has 0 aliphatic heterocycles. The van der Waals surface area contributed by atoms with Crippen LogP contribution < -0.4 is 4.90 Å². The minimum Gasteiger partial charge on any atom is -0.481 e. The summed E-state index contributed by atoms with van der Waals surface area (Å²) >= 11 is 1.66. The number of hydrogen-bond donors (Lipinski definition) is 1. The van der Waals surface area contributed by atoms with Crippen LogP contribution in [0.3, 0.4) is 0 Å². The van der Waals surface area contributed by atoms with Gasteiger partial charge in [0.05, 0.1) is 11.5 Å². The van der Waals surface area contributed by atoms with E-state index < -0.39 is 11.9 Å². The van der Waals surface area contributed by atoms with Crippen molar-refractivity contribution < 1.29 is 9.90 Å². The molecule has 1 heterocycles. The third-order valence-corrected chi connectivity index (χ3v) is 5.28. The Bertz CT molecular complexity index is 627. The van der Waals surface area contributed by atoms with Crippen LogP contribution in [-0.2, 0) is 17.6 Å². The van der Waals surface area contributed by atoms with Crippen LogP contribution in [0.1, 0.15) is 42.7 Å². The summed E-state index contributed by atoms with van der Waals surface area (Å²) in [6.45, 7) is 8.56. The van der Waals surface area contributed by atoms with Gasteiger partial charge < -0.3 is 10.0 Å². The fraction of sp³-hybridized carbons (Fsp3) is 0.529. The summed E-state index contributed by atoms with van der Waals surface area (Å²) in [7, 11) is 0. The first-order valence-corrected chi connectivity index (χ1v) is 8.42. The van der Waals surface area contributed by atoms with Crippen molar-refractivity contribution in [2.24, 2.45) is 5.92 Å². The molecule has 1 aromatic rings. The standard InChI is InChI=1S/C17H22N2O2S/c1-11(2)9-19(10-12(3)17(20)21)16-14(8-18)13-6-4-5-7-15(13)22-16/h12H,1,4-7,9-10H2,2-3H3,(H,20,21). The summed E-state index contributed by atoms with van der Waals surface area (Å²) in [5, 5.41) is 19.7. The van der Waals surface area contributed by atoms with Gasteiger partial charge in [0.15, 0.2) is 0 Å². The number of fused-ring (bicyclic) bond motifs is 1. The summed E-state index contributed by atoms with van der Waals surface area (Å²) in [6, 6.07) is 2.35. The normalized spacial score (nSPS) is 14.8. The SMILES string of the molecule is C=C(C)CN(CC(C)C(=O)O)c1sc2c(c1C#N)CCCC2. The van der Waals surface area contributed by atoms with Gasteiger partial charge in [-0.1, -0.05) is 19.1 Å². The van der Waals surface area contributed by atoms with Gasteiger partial charge in [-0.2, -0.15) is 5.26 Å². The van der Waals surface area contributed by atoms with Crippen LogP contribution in [0, 0.1) is 17.2 Å². The summed E-state index contributed by atoms with van der Waals surface area (Å²) in [5.74, 6) is -1.29. The van der Waals surface area contributed by atoms with Crippen LogP contribution in [-0.4, -0.2) is 24.2 Å². The lowest BCUT2D eigenvalue weighted by atomic mass is 9.96. The molecule has 4 nitrogen and oxygen atoms in total. The van der Waals surface area contributed by atoms with Crippen molar-refractivity contribution >= 4 is 22.3 Å². The molecule has 1 aliphatic carbocycles. The predicted octanol–water partition coefficient (Wildman–Crippen LogP) is 3.60. The number of nitriles is 1. The molecule has 0 fully saturated rings. The minimum absolute atomic E-state index is 0.399. The number of aliphatic carboxylic acids is 1. The maximum atomic E-state index is 11.2.